The summed E-state index contributed by atoms with van der Waals surface area (Å²) in [4.78, 5) is 27.4. The molecule has 138 valence electrons. The molecule has 2 unspecified atom stereocenters. The van der Waals surface area contributed by atoms with Crippen molar-refractivity contribution < 1.29 is 14.7 Å². The van der Waals surface area contributed by atoms with E-state index >= 15 is 0 Å². The van der Waals surface area contributed by atoms with E-state index in [4.69, 9.17) is 0 Å². The maximum Gasteiger partial charge on any atom is 0.339 e. The number of carboxylic acid groups (broad SMARTS) is 1. The SMILES string of the molecule is Cc1ccsc1C1CC1C(=O)N1CCC(n2ncc(C(=O)O)c2C)CC1. The van der Waals surface area contributed by atoms with E-state index in [0.717, 1.165) is 32.4 Å². The minimum Gasteiger partial charge on any atom is -0.478 e. The molecule has 7 heteroatoms. The molecule has 1 N–H and O–H groups in total. The summed E-state index contributed by atoms with van der Waals surface area (Å²) in [6, 6.07) is 2.30. The molecule has 2 aliphatic rings. The zero-order valence-corrected chi connectivity index (χ0v) is 15.8. The fourth-order valence-corrected chi connectivity index (χ4v) is 5.20. The first kappa shape index (κ1) is 17.3. The molecule has 1 aliphatic carbocycles. The van der Waals surface area contributed by atoms with Gasteiger partial charge < -0.3 is 10.0 Å². The Hall–Kier alpha value is -2.15. The summed E-state index contributed by atoms with van der Waals surface area (Å²) in [5.74, 6) is -0.102. The van der Waals surface area contributed by atoms with Gasteiger partial charge in [0.15, 0.2) is 0 Å². The van der Waals surface area contributed by atoms with Crippen LogP contribution in [-0.4, -0.2) is 44.8 Å². The van der Waals surface area contributed by atoms with Gasteiger partial charge in [0.25, 0.3) is 0 Å². The van der Waals surface area contributed by atoms with Crippen molar-refractivity contribution in [3.8, 4) is 0 Å². The number of rotatable bonds is 4. The van der Waals surface area contributed by atoms with Crippen LogP contribution in [0.3, 0.4) is 0 Å². The highest BCUT2D eigenvalue weighted by Crippen LogP contribution is 2.51. The summed E-state index contributed by atoms with van der Waals surface area (Å²) in [5, 5.41) is 15.5. The summed E-state index contributed by atoms with van der Waals surface area (Å²) >= 11 is 1.76. The highest BCUT2D eigenvalue weighted by Gasteiger charge is 2.47. The van der Waals surface area contributed by atoms with Gasteiger partial charge in [0.1, 0.15) is 5.56 Å². The van der Waals surface area contributed by atoms with Crippen LogP contribution in [0.4, 0.5) is 0 Å². The highest BCUT2D eigenvalue weighted by atomic mass is 32.1. The smallest absolute Gasteiger partial charge is 0.339 e. The molecule has 1 saturated heterocycles. The molecule has 1 aliphatic heterocycles. The van der Waals surface area contributed by atoms with Gasteiger partial charge in [-0.15, -0.1) is 11.3 Å². The zero-order valence-electron chi connectivity index (χ0n) is 15.0. The van der Waals surface area contributed by atoms with Gasteiger partial charge in [-0.05, 0) is 50.1 Å². The van der Waals surface area contributed by atoms with Crippen molar-refractivity contribution in [3.05, 3.63) is 39.3 Å². The summed E-state index contributed by atoms with van der Waals surface area (Å²) in [7, 11) is 0. The van der Waals surface area contributed by atoms with Gasteiger partial charge in [-0.3, -0.25) is 9.48 Å². The largest absolute Gasteiger partial charge is 0.478 e. The molecule has 26 heavy (non-hydrogen) atoms. The number of aryl methyl sites for hydroxylation is 1. The summed E-state index contributed by atoms with van der Waals surface area (Å²) in [6.45, 7) is 5.36. The number of nitrogens with zero attached hydrogens (tertiary/aromatic N) is 3. The lowest BCUT2D eigenvalue weighted by molar-refractivity contribution is -0.134. The van der Waals surface area contributed by atoms with E-state index in [1.807, 2.05) is 9.58 Å². The summed E-state index contributed by atoms with van der Waals surface area (Å²) < 4.78 is 1.82. The Labute approximate surface area is 156 Å². The van der Waals surface area contributed by atoms with Crippen LogP contribution in [0.15, 0.2) is 17.6 Å². The van der Waals surface area contributed by atoms with Crippen LogP contribution in [-0.2, 0) is 4.79 Å². The van der Waals surface area contributed by atoms with Crippen molar-refractivity contribution in [1.29, 1.82) is 0 Å². The van der Waals surface area contributed by atoms with Crippen molar-refractivity contribution in [2.75, 3.05) is 13.1 Å². The average Bonchev–Trinajstić information content (AvgIpc) is 3.14. The molecular weight excluding hydrogens is 350 g/mol. The molecule has 3 heterocycles. The highest BCUT2D eigenvalue weighted by molar-refractivity contribution is 7.10. The van der Waals surface area contributed by atoms with Crippen molar-refractivity contribution in [2.24, 2.45) is 5.92 Å². The van der Waals surface area contributed by atoms with Gasteiger partial charge in [0.2, 0.25) is 5.91 Å². The second-order valence-corrected chi connectivity index (χ2v) is 8.31. The molecule has 0 radical (unpaired) electrons. The average molecular weight is 373 g/mol. The number of carbonyl (C=O) groups excluding carboxylic acids is 1. The van der Waals surface area contributed by atoms with Crippen molar-refractivity contribution in [1.82, 2.24) is 14.7 Å². The summed E-state index contributed by atoms with van der Waals surface area (Å²) in [5.41, 5.74) is 2.26. The number of aromatic carboxylic acids is 1. The number of amides is 1. The van der Waals surface area contributed by atoms with Crippen LogP contribution in [0.2, 0.25) is 0 Å². The first-order valence-electron chi connectivity index (χ1n) is 9.07. The van der Waals surface area contributed by atoms with Crippen molar-refractivity contribution in [3.63, 3.8) is 0 Å². The van der Waals surface area contributed by atoms with E-state index in [9.17, 15) is 14.7 Å². The van der Waals surface area contributed by atoms with Crippen LogP contribution < -0.4 is 0 Å². The van der Waals surface area contributed by atoms with Gasteiger partial charge >= 0.3 is 5.97 Å². The number of hydrogen-bond acceptors (Lipinski definition) is 4. The number of carboxylic acids is 1. The Morgan fingerprint density at radius 3 is 2.58 bits per heavy atom. The number of likely N-dealkylation sites (tertiary alicyclic amines) is 1. The van der Waals surface area contributed by atoms with E-state index in [1.165, 1.54) is 16.6 Å². The van der Waals surface area contributed by atoms with E-state index in [-0.39, 0.29) is 23.4 Å². The molecule has 2 aromatic rings. The van der Waals surface area contributed by atoms with Crippen LogP contribution in [0.5, 0.6) is 0 Å². The minimum absolute atomic E-state index is 0.147. The Morgan fingerprint density at radius 2 is 2.00 bits per heavy atom. The minimum atomic E-state index is -0.940. The maximum atomic E-state index is 12.8. The van der Waals surface area contributed by atoms with Gasteiger partial charge in [0.05, 0.1) is 17.9 Å². The topological polar surface area (TPSA) is 75.4 Å². The first-order valence-corrected chi connectivity index (χ1v) is 9.95. The molecule has 2 atom stereocenters. The Balaban J connectivity index is 1.36. The molecule has 2 aromatic heterocycles. The Morgan fingerprint density at radius 1 is 1.27 bits per heavy atom. The van der Waals surface area contributed by atoms with E-state index in [0.29, 0.717) is 11.6 Å². The molecule has 1 amide bonds. The maximum absolute atomic E-state index is 12.8. The first-order chi connectivity index (χ1) is 12.5. The second-order valence-electron chi connectivity index (χ2n) is 7.37. The predicted octanol–water partition coefficient (Wildman–Crippen LogP) is 3.23. The Kier molecular flexibility index (Phi) is 4.34. The van der Waals surface area contributed by atoms with Crippen LogP contribution in [0, 0.1) is 19.8 Å². The molecule has 0 bridgehead atoms. The number of hydrogen-bond donors (Lipinski definition) is 1. The third-order valence-corrected chi connectivity index (χ3v) is 6.89. The number of aromatic nitrogens is 2. The fourth-order valence-electron chi connectivity index (χ4n) is 4.09. The van der Waals surface area contributed by atoms with E-state index < -0.39 is 5.97 Å². The van der Waals surface area contributed by atoms with Gasteiger partial charge in [-0.25, -0.2) is 4.79 Å². The molecule has 1 saturated carbocycles. The lowest BCUT2D eigenvalue weighted by atomic mass is 10.0. The summed E-state index contributed by atoms with van der Waals surface area (Å²) in [6.07, 6.45) is 4.04. The monoisotopic (exact) mass is 373 g/mol. The number of piperidine rings is 1. The Bertz CT molecular complexity index is 848. The molecule has 6 nitrogen and oxygen atoms in total. The molecular formula is C19H23N3O3S. The van der Waals surface area contributed by atoms with Crippen LogP contribution in [0.25, 0.3) is 0 Å². The zero-order chi connectivity index (χ0) is 18.4. The molecule has 0 aromatic carbocycles. The van der Waals surface area contributed by atoms with E-state index in [2.05, 4.69) is 23.5 Å². The van der Waals surface area contributed by atoms with E-state index in [1.54, 1.807) is 18.3 Å². The molecule has 0 spiro atoms. The fraction of sp³-hybridized carbons (Fsp3) is 0.526. The lowest BCUT2D eigenvalue weighted by Crippen LogP contribution is -2.40. The predicted molar refractivity (Wildman–Crippen MR) is 98.7 cm³/mol. The van der Waals surface area contributed by atoms with Gasteiger partial charge in [-0.1, -0.05) is 0 Å². The third-order valence-electron chi connectivity index (χ3n) is 5.74. The van der Waals surface area contributed by atoms with Crippen molar-refractivity contribution in [2.45, 2.75) is 45.1 Å². The number of thiophene rings is 1. The second kappa shape index (κ2) is 6.54. The van der Waals surface area contributed by atoms with Crippen LogP contribution >= 0.6 is 11.3 Å². The standard InChI is InChI=1S/C19H23N3O3S/c1-11-5-8-26-17(11)14-9-15(14)18(23)21-6-3-13(4-7-21)22-12(2)16(10-20-22)19(24)25/h5,8,10,13-15H,3-4,6-7,9H2,1-2H3,(H,24,25). The normalized spacial score (nSPS) is 23.2. The van der Waals surface area contributed by atoms with Crippen molar-refractivity contribution >= 4 is 23.2 Å². The quantitative estimate of drug-likeness (QED) is 0.893. The molecule has 2 fully saturated rings. The van der Waals surface area contributed by atoms with Gasteiger partial charge in [0, 0.05) is 29.8 Å². The molecule has 4 rings (SSSR count). The third kappa shape index (κ3) is 2.94. The van der Waals surface area contributed by atoms with Crippen LogP contribution in [0.1, 0.15) is 57.7 Å². The lowest BCUT2D eigenvalue weighted by Gasteiger charge is -2.33. The number of carbonyl (C=O) groups is 2. The van der Waals surface area contributed by atoms with Gasteiger partial charge in [-0.2, -0.15) is 5.10 Å².